The number of amides is 2. The highest BCUT2D eigenvalue weighted by Crippen LogP contribution is 2.35. The minimum atomic E-state index is -0.114. The molecular formula is C24H31N3O4. The smallest absolute Gasteiger partial charge is 0.251 e. The van der Waals surface area contributed by atoms with Crippen LogP contribution in [0.1, 0.15) is 40.9 Å². The van der Waals surface area contributed by atoms with Crippen LogP contribution in [-0.2, 0) is 24.3 Å². The number of nitrogens with zero attached hydrogens (tertiary/aromatic N) is 1. The van der Waals surface area contributed by atoms with Crippen molar-refractivity contribution in [2.24, 2.45) is 0 Å². The van der Waals surface area contributed by atoms with Gasteiger partial charge in [0.15, 0.2) is 0 Å². The van der Waals surface area contributed by atoms with Gasteiger partial charge in [-0.25, -0.2) is 0 Å². The van der Waals surface area contributed by atoms with E-state index >= 15 is 0 Å². The summed E-state index contributed by atoms with van der Waals surface area (Å²) in [6.45, 7) is 5.82. The minimum Gasteiger partial charge on any atom is -0.494 e. The summed E-state index contributed by atoms with van der Waals surface area (Å²) in [5, 5.41) is 5.58. The summed E-state index contributed by atoms with van der Waals surface area (Å²) in [4.78, 5) is 26.0. The van der Waals surface area contributed by atoms with Crippen LogP contribution < -0.4 is 20.1 Å². The fourth-order valence-corrected chi connectivity index (χ4v) is 3.68. The molecule has 0 aromatic heterocycles. The number of likely N-dealkylation sites (N-methyl/N-ethyl adjacent to an activating group) is 1. The molecule has 0 unspecified atom stereocenters. The topological polar surface area (TPSA) is 79.9 Å². The van der Waals surface area contributed by atoms with E-state index < -0.39 is 0 Å². The molecule has 0 fully saturated rings. The number of hydrogen-bond donors (Lipinski definition) is 2. The first-order chi connectivity index (χ1) is 14.9. The molecule has 166 valence electrons. The van der Waals surface area contributed by atoms with Crippen molar-refractivity contribution >= 4 is 11.8 Å². The van der Waals surface area contributed by atoms with Crippen molar-refractivity contribution in [1.82, 2.24) is 15.5 Å². The number of ether oxygens (including phenoxy) is 2. The third-order valence-electron chi connectivity index (χ3n) is 5.16. The summed E-state index contributed by atoms with van der Waals surface area (Å²) in [6, 6.07) is 11.4. The van der Waals surface area contributed by atoms with Crippen LogP contribution in [0, 0.1) is 0 Å². The fourth-order valence-electron chi connectivity index (χ4n) is 3.68. The SMILES string of the molecule is CCOc1cc2c(cc1CNC(=O)CN(C)Cc1ccc(C(=O)NC)cc1)O[C@@H](C)C2. The van der Waals surface area contributed by atoms with Crippen LogP contribution in [-0.4, -0.2) is 50.1 Å². The Morgan fingerprint density at radius 1 is 1.23 bits per heavy atom. The summed E-state index contributed by atoms with van der Waals surface area (Å²) >= 11 is 0. The maximum Gasteiger partial charge on any atom is 0.251 e. The predicted molar refractivity (Wildman–Crippen MR) is 119 cm³/mol. The van der Waals surface area contributed by atoms with Gasteiger partial charge in [-0.3, -0.25) is 14.5 Å². The third-order valence-corrected chi connectivity index (χ3v) is 5.16. The van der Waals surface area contributed by atoms with Gasteiger partial charge < -0.3 is 20.1 Å². The molecule has 1 atom stereocenters. The lowest BCUT2D eigenvalue weighted by molar-refractivity contribution is -0.122. The second kappa shape index (κ2) is 10.3. The minimum absolute atomic E-state index is 0.0679. The molecule has 0 saturated heterocycles. The molecule has 2 N–H and O–H groups in total. The first-order valence-electron chi connectivity index (χ1n) is 10.6. The molecule has 2 aromatic carbocycles. The highest BCUT2D eigenvalue weighted by molar-refractivity contribution is 5.93. The van der Waals surface area contributed by atoms with Crippen LogP contribution in [0.2, 0.25) is 0 Å². The molecule has 0 radical (unpaired) electrons. The average Bonchev–Trinajstić information content (AvgIpc) is 3.11. The van der Waals surface area contributed by atoms with Gasteiger partial charge in [-0.05, 0) is 50.7 Å². The number of nitrogens with one attached hydrogen (secondary N) is 2. The van der Waals surface area contributed by atoms with Crippen molar-refractivity contribution in [1.29, 1.82) is 0 Å². The second-order valence-electron chi connectivity index (χ2n) is 7.86. The van der Waals surface area contributed by atoms with Crippen molar-refractivity contribution in [3.63, 3.8) is 0 Å². The summed E-state index contributed by atoms with van der Waals surface area (Å²) in [7, 11) is 3.50. The van der Waals surface area contributed by atoms with Gasteiger partial charge >= 0.3 is 0 Å². The van der Waals surface area contributed by atoms with E-state index in [1.165, 1.54) is 0 Å². The summed E-state index contributed by atoms with van der Waals surface area (Å²) < 4.78 is 11.6. The quantitative estimate of drug-likeness (QED) is 0.645. The molecule has 2 aromatic rings. The van der Waals surface area contributed by atoms with E-state index in [0.717, 1.165) is 34.6 Å². The lowest BCUT2D eigenvalue weighted by Gasteiger charge is -2.17. The zero-order chi connectivity index (χ0) is 22.4. The zero-order valence-corrected chi connectivity index (χ0v) is 18.7. The van der Waals surface area contributed by atoms with E-state index in [1.54, 1.807) is 19.2 Å². The Morgan fingerprint density at radius 2 is 1.97 bits per heavy atom. The van der Waals surface area contributed by atoms with E-state index in [9.17, 15) is 9.59 Å². The van der Waals surface area contributed by atoms with Gasteiger partial charge in [0.05, 0.1) is 13.2 Å². The third kappa shape index (κ3) is 5.98. The number of hydrogen-bond acceptors (Lipinski definition) is 5. The molecule has 2 amide bonds. The Bertz CT molecular complexity index is 927. The van der Waals surface area contributed by atoms with E-state index in [2.05, 4.69) is 10.6 Å². The monoisotopic (exact) mass is 425 g/mol. The number of fused-ring (bicyclic) bond motifs is 1. The summed E-state index contributed by atoms with van der Waals surface area (Å²) in [5.74, 6) is 1.49. The molecule has 0 bridgehead atoms. The first-order valence-corrected chi connectivity index (χ1v) is 10.6. The van der Waals surface area contributed by atoms with Crippen LogP contribution in [0.15, 0.2) is 36.4 Å². The van der Waals surface area contributed by atoms with E-state index in [1.807, 2.05) is 50.1 Å². The average molecular weight is 426 g/mol. The molecule has 1 heterocycles. The Balaban J connectivity index is 1.54. The van der Waals surface area contributed by atoms with E-state index in [0.29, 0.717) is 25.3 Å². The zero-order valence-electron chi connectivity index (χ0n) is 18.7. The number of benzene rings is 2. The van der Waals surface area contributed by atoms with Crippen LogP contribution in [0.5, 0.6) is 11.5 Å². The number of rotatable bonds is 9. The molecular weight excluding hydrogens is 394 g/mol. The summed E-state index contributed by atoms with van der Waals surface area (Å²) in [6.07, 6.45) is 1.03. The molecule has 1 aliphatic rings. The van der Waals surface area contributed by atoms with Crippen molar-refractivity contribution in [3.05, 3.63) is 58.7 Å². The highest BCUT2D eigenvalue weighted by Gasteiger charge is 2.22. The molecule has 0 aliphatic carbocycles. The highest BCUT2D eigenvalue weighted by atomic mass is 16.5. The largest absolute Gasteiger partial charge is 0.494 e. The molecule has 1 aliphatic heterocycles. The Hall–Kier alpha value is -3.06. The lowest BCUT2D eigenvalue weighted by Crippen LogP contribution is -2.34. The molecule has 7 nitrogen and oxygen atoms in total. The van der Waals surface area contributed by atoms with Gasteiger partial charge in [0, 0.05) is 43.2 Å². The molecule has 0 saturated carbocycles. The van der Waals surface area contributed by atoms with Gasteiger partial charge in [0.1, 0.15) is 17.6 Å². The fraction of sp³-hybridized carbons (Fsp3) is 0.417. The van der Waals surface area contributed by atoms with Crippen LogP contribution in [0.4, 0.5) is 0 Å². The second-order valence-corrected chi connectivity index (χ2v) is 7.86. The standard InChI is InChI=1S/C24H31N3O4/c1-5-30-21-11-19-10-16(2)31-22(19)12-20(21)13-26-23(28)15-27(4)14-17-6-8-18(9-7-17)24(29)25-3/h6-9,11-12,16H,5,10,13-15H2,1-4H3,(H,25,29)(H,26,28)/t16-/m0/s1. The Kier molecular flexibility index (Phi) is 7.52. The van der Waals surface area contributed by atoms with Gasteiger partial charge in [-0.15, -0.1) is 0 Å². The van der Waals surface area contributed by atoms with Crippen molar-refractivity contribution in [2.75, 3.05) is 27.2 Å². The Morgan fingerprint density at radius 3 is 2.65 bits per heavy atom. The summed E-state index contributed by atoms with van der Waals surface area (Å²) in [5.41, 5.74) is 3.71. The van der Waals surface area contributed by atoms with Crippen molar-refractivity contribution < 1.29 is 19.1 Å². The van der Waals surface area contributed by atoms with Crippen molar-refractivity contribution in [2.45, 2.75) is 39.5 Å². The van der Waals surface area contributed by atoms with Crippen LogP contribution >= 0.6 is 0 Å². The van der Waals surface area contributed by atoms with E-state index in [-0.39, 0.29) is 24.5 Å². The van der Waals surface area contributed by atoms with E-state index in [4.69, 9.17) is 9.47 Å². The van der Waals surface area contributed by atoms with Crippen molar-refractivity contribution in [3.8, 4) is 11.5 Å². The van der Waals surface area contributed by atoms with Gasteiger partial charge in [0.2, 0.25) is 5.91 Å². The maximum atomic E-state index is 12.5. The molecule has 3 rings (SSSR count). The maximum absolute atomic E-state index is 12.5. The van der Waals surface area contributed by atoms with Crippen LogP contribution in [0.25, 0.3) is 0 Å². The normalized spacial score (nSPS) is 14.7. The number of carbonyl (C=O) groups is 2. The molecule has 7 heteroatoms. The Labute approximate surface area is 183 Å². The predicted octanol–water partition coefficient (Wildman–Crippen LogP) is 2.52. The number of carbonyl (C=O) groups excluding carboxylic acids is 2. The molecule has 31 heavy (non-hydrogen) atoms. The van der Waals surface area contributed by atoms with Gasteiger partial charge in [-0.2, -0.15) is 0 Å². The molecule has 0 spiro atoms. The van der Waals surface area contributed by atoms with Gasteiger partial charge in [0.25, 0.3) is 5.91 Å². The van der Waals surface area contributed by atoms with Gasteiger partial charge in [-0.1, -0.05) is 12.1 Å². The van der Waals surface area contributed by atoms with Crippen LogP contribution in [0.3, 0.4) is 0 Å². The first kappa shape index (κ1) is 22.6. The lowest BCUT2D eigenvalue weighted by atomic mass is 10.1.